The molecule has 1 aromatic rings. The standard InChI is InChI=1S/C16H24N2O3/c1-16(2,3)21-15(20)18-8-4-5-12(10-18)14-6-7-17-9-13(14)11-19/h6-7,9,12,19H,4-5,8,10-11H2,1-3H3. The van der Waals surface area contributed by atoms with Crippen molar-refractivity contribution in [2.75, 3.05) is 13.1 Å². The van der Waals surface area contributed by atoms with Gasteiger partial charge >= 0.3 is 6.09 Å². The molecule has 0 radical (unpaired) electrons. The second kappa shape index (κ2) is 6.43. The largest absolute Gasteiger partial charge is 0.444 e. The Labute approximate surface area is 125 Å². The molecule has 1 N–H and O–H groups in total. The molecule has 1 aliphatic rings. The van der Waals surface area contributed by atoms with Crippen LogP contribution in [-0.2, 0) is 11.3 Å². The number of likely N-dealkylation sites (tertiary alicyclic amines) is 1. The number of nitrogens with zero attached hydrogens (tertiary/aromatic N) is 2. The number of piperidine rings is 1. The van der Waals surface area contributed by atoms with E-state index in [0.29, 0.717) is 6.54 Å². The maximum absolute atomic E-state index is 12.2. The molecule has 5 nitrogen and oxygen atoms in total. The van der Waals surface area contributed by atoms with E-state index in [2.05, 4.69) is 4.98 Å². The van der Waals surface area contributed by atoms with Crippen molar-refractivity contribution < 1.29 is 14.6 Å². The summed E-state index contributed by atoms with van der Waals surface area (Å²) in [5, 5.41) is 9.43. The number of aliphatic hydroxyl groups excluding tert-OH is 1. The predicted octanol–water partition coefficient (Wildman–Crippen LogP) is 2.69. The first-order valence-electron chi connectivity index (χ1n) is 7.42. The number of hydrogen-bond donors (Lipinski definition) is 1. The van der Waals surface area contributed by atoms with Crippen molar-refractivity contribution in [2.24, 2.45) is 0 Å². The van der Waals surface area contributed by atoms with Crippen molar-refractivity contribution >= 4 is 6.09 Å². The van der Waals surface area contributed by atoms with Crippen molar-refractivity contribution in [3.8, 4) is 0 Å². The molecule has 1 fully saturated rings. The van der Waals surface area contributed by atoms with Crippen LogP contribution in [0.25, 0.3) is 0 Å². The van der Waals surface area contributed by atoms with Crippen LogP contribution in [0.1, 0.15) is 50.7 Å². The molecule has 2 rings (SSSR count). The predicted molar refractivity (Wildman–Crippen MR) is 79.9 cm³/mol. The number of carbonyl (C=O) groups is 1. The zero-order valence-electron chi connectivity index (χ0n) is 13.0. The van der Waals surface area contributed by atoms with Crippen LogP contribution in [0, 0.1) is 0 Å². The summed E-state index contributed by atoms with van der Waals surface area (Å²) < 4.78 is 5.44. The summed E-state index contributed by atoms with van der Waals surface area (Å²) in [6.45, 7) is 6.96. The summed E-state index contributed by atoms with van der Waals surface area (Å²) >= 11 is 0. The third-order valence-electron chi connectivity index (χ3n) is 3.62. The Bertz CT molecular complexity index is 497. The first-order valence-corrected chi connectivity index (χ1v) is 7.42. The van der Waals surface area contributed by atoms with Crippen LogP contribution in [0.5, 0.6) is 0 Å². The zero-order valence-corrected chi connectivity index (χ0v) is 13.0. The molecule has 0 saturated carbocycles. The molecular formula is C16H24N2O3. The van der Waals surface area contributed by atoms with Gasteiger partial charge in [0.25, 0.3) is 0 Å². The summed E-state index contributed by atoms with van der Waals surface area (Å²) in [4.78, 5) is 18.0. The van der Waals surface area contributed by atoms with Crippen molar-refractivity contribution in [2.45, 2.75) is 51.7 Å². The third kappa shape index (κ3) is 4.17. The van der Waals surface area contributed by atoms with Gasteiger partial charge in [-0.05, 0) is 50.8 Å². The maximum Gasteiger partial charge on any atom is 0.410 e. The van der Waals surface area contributed by atoms with E-state index in [1.165, 1.54) is 0 Å². The fraction of sp³-hybridized carbons (Fsp3) is 0.625. The van der Waals surface area contributed by atoms with E-state index >= 15 is 0 Å². The number of pyridine rings is 1. The molecule has 1 aromatic heterocycles. The van der Waals surface area contributed by atoms with Crippen molar-refractivity contribution in [1.82, 2.24) is 9.88 Å². The molecule has 1 aliphatic heterocycles. The van der Waals surface area contributed by atoms with Gasteiger partial charge in [0.2, 0.25) is 0 Å². The van der Waals surface area contributed by atoms with Crippen LogP contribution in [0.4, 0.5) is 4.79 Å². The summed E-state index contributed by atoms with van der Waals surface area (Å²) in [5.41, 5.74) is 1.45. The fourth-order valence-electron chi connectivity index (χ4n) is 2.69. The summed E-state index contributed by atoms with van der Waals surface area (Å²) in [5.74, 6) is 0.233. The van der Waals surface area contributed by atoms with E-state index in [9.17, 15) is 9.90 Å². The highest BCUT2D eigenvalue weighted by molar-refractivity contribution is 5.68. The molecule has 2 heterocycles. The van der Waals surface area contributed by atoms with E-state index in [1.54, 1.807) is 17.3 Å². The number of ether oxygens (including phenoxy) is 1. The van der Waals surface area contributed by atoms with Crippen molar-refractivity contribution in [3.05, 3.63) is 29.6 Å². The number of aromatic nitrogens is 1. The summed E-state index contributed by atoms with van der Waals surface area (Å²) in [7, 11) is 0. The number of amides is 1. The van der Waals surface area contributed by atoms with Gasteiger partial charge in [0.15, 0.2) is 0 Å². The molecular weight excluding hydrogens is 268 g/mol. The third-order valence-corrected chi connectivity index (χ3v) is 3.62. The van der Waals surface area contributed by atoms with E-state index in [1.807, 2.05) is 26.8 Å². The first kappa shape index (κ1) is 15.8. The Hall–Kier alpha value is -1.62. The van der Waals surface area contributed by atoms with Crippen LogP contribution < -0.4 is 0 Å². The molecule has 0 spiro atoms. The van der Waals surface area contributed by atoms with Gasteiger partial charge in [-0.15, -0.1) is 0 Å². The van der Waals surface area contributed by atoms with Crippen molar-refractivity contribution in [1.29, 1.82) is 0 Å². The molecule has 1 atom stereocenters. The van der Waals surface area contributed by atoms with Crippen LogP contribution in [0.3, 0.4) is 0 Å². The highest BCUT2D eigenvalue weighted by Gasteiger charge is 2.29. The molecule has 0 bridgehead atoms. The fourth-order valence-corrected chi connectivity index (χ4v) is 2.69. The van der Waals surface area contributed by atoms with Crippen molar-refractivity contribution in [3.63, 3.8) is 0 Å². The van der Waals surface area contributed by atoms with Crippen LogP contribution in [0.2, 0.25) is 0 Å². The van der Waals surface area contributed by atoms with Gasteiger partial charge in [0.1, 0.15) is 5.60 Å². The van der Waals surface area contributed by atoms with E-state index in [0.717, 1.165) is 30.5 Å². The number of carbonyl (C=O) groups excluding carboxylic acids is 1. The number of aliphatic hydroxyl groups is 1. The smallest absolute Gasteiger partial charge is 0.410 e. The normalized spacial score (nSPS) is 19.4. The van der Waals surface area contributed by atoms with E-state index in [4.69, 9.17) is 4.74 Å². The van der Waals surface area contributed by atoms with Gasteiger partial charge in [-0.2, -0.15) is 0 Å². The lowest BCUT2D eigenvalue weighted by Crippen LogP contribution is -2.42. The zero-order chi connectivity index (χ0) is 15.5. The highest BCUT2D eigenvalue weighted by atomic mass is 16.6. The highest BCUT2D eigenvalue weighted by Crippen LogP contribution is 2.29. The minimum Gasteiger partial charge on any atom is -0.444 e. The molecule has 0 aromatic carbocycles. The lowest BCUT2D eigenvalue weighted by Gasteiger charge is -2.34. The molecule has 116 valence electrons. The van der Waals surface area contributed by atoms with Gasteiger partial charge < -0.3 is 14.7 Å². The second-order valence-corrected chi connectivity index (χ2v) is 6.50. The lowest BCUT2D eigenvalue weighted by molar-refractivity contribution is 0.0198. The summed E-state index contributed by atoms with van der Waals surface area (Å²) in [6.07, 6.45) is 5.13. The van der Waals surface area contributed by atoms with Gasteiger partial charge in [0, 0.05) is 31.4 Å². The quantitative estimate of drug-likeness (QED) is 0.910. The topological polar surface area (TPSA) is 62.7 Å². The molecule has 21 heavy (non-hydrogen) atoms. The van der Waals surface area contributed by atoms with Crippen LogP contribution in [-0.4, -0.2) is 39.8 Å². The average Bonchev–Trinajstić information content (AvgIpc) is 2.45. The Balaban J connectivity index is 2.09. The monoisotopic (exact) mass is 292 g/mol. The minimum atomic E-state index is -0.475. The van der Waals surface area contributed by atoms with Gasteiger partial charge in [0.05, 0.1) is 6.61 Å². The van der Waals surface area contributed by atoms with Gasteiger partial charge in [-0.3, -0.25) is 4.98 Å². The Morgan fingerprint density at radius 3 is 2.95 bits per heavy atom. The minimum absolute atomic E-state index is 0.0217. The Morgan fingerprint density at radius 2 is 2.29 bits per heavy atom. The van der Waals surface area contributed by atoms with Gasteiger partial charge in [-0.1, -0.05) is 0 Å². The Kier molecular flexibility index (Phi) is 4.83. The molecule has 1 saturated heterocycles. The molecule has 0 aliphatic carbocycles. The van der Waals surface area contributed by atoms with E-state index < -0.39 is 5.60 Å². The van der Waals surface area contributed by atoms with Crippen LogP contribution >= 0.6 is 0 Å². The molecule has 5 heteroatoms. The summed E-state index contributed by atoms with van der Waals surface area (Å²) in [6, 6.07) is 1.94. The first-order chi connectivity index (χ1) is 9.90. The SMILES string of the molecule is CC(C)(C)OC(=O)N1CCCC(c2ccncc2CO)C1. The lowest BCUT2D eigenvalue weighted by atomic mass is 9.89. The maximum atomic E-state index is 12.2. The second-order valence-electron chi connectivity index (χ2n) is 6.50. The number of hydrogen-bond acceptors (Lipinski definition) is 4. The average molecular weight is 292 g/mol. The van der Waals surface area contributed by atoms with Gasteiger partial charge in [-0.25, -0.2) is 4.79 Å². The molecule has 1 amide bonds. The Morgan fingerprint density at radius 1 is 1.52 bits per heavy atom. The van der Waals surface area contributed by atoms with E-state index in [-0.39, 0.29) is 18.6 Å². The van der Waals surface area contributed by atoms with Crippen LogP contribution in [0.15, 0.2) is 18.5 Å². The number of rotatable bonds is 2. The molecule has 1 unspecified atom stereocenters.